The molecule has 0 aromatic carbocycles. The molecular weight excluding hydrogens is 204 g/mol. The van der Waals surface area contributed by atoms with Crippen molar-refractivity contribution >= 4 is 11.6 Å². The summed E-state index contributed by atoms with van der Waals surface area (Å²) in [4.78, 5) is 10.8. The van der Waals surface area contributed by atoms with E-state index in [0.29, 0.717) is 5.78 Å². The normalized spacial score (nSPS) is 16.9. The lowest BCUT2D eigenvalue weighted by Gasteiger charge is -2.29. The summed E-state index contributed by atoms with van der Waals surface area (Å²) >= 11 is 0. The molecule has 0 atom stereocenters. The zero-order valence-electron chi connectivity index (χ0n) is 9.22. The van der Waals surface area contributed by atoms with Crippen molar-refractivity contribution in [2.75, 3.05) is 31.1 Å². The van der Waals surface area contributed by atoms with Gasteiger partial charge >= 0.3 is 0 Å². The van der Waals surface area contributed by atoms with Crippen LogP contribution >= 0.6 is 0 Å². The molecule has 2 aromatic rings. The fourth-order valence-electron chi connectivity index (χ4n) is 2.03. The van der Waals surface area contributed by atoms with Crippen LogP contribution in [-0.2, 0) is 0 Å². The molecule has 0 radical (unpaired) electrons. The first-order valence-electron chi connectivity index (χ1n) is 5.47. The lowest BCUT2D eigenvalue weighted by Crippen LogP contribution is -2.44. The fraction of sp³-hybridized carbons (Fsp3) is 0.500. The molecule has 0 bridgehead atoms. The molecule has 1 fully saturated rings. The van der Waals surface area contributed by atoms with Gasteiger partial charge < -0.3 is 10.2 Å². The lowest BCUT2D eigenvalue weighted by molar-refractivity contribution is 0.579. The molecule has 6 heteroatoms. The number of aromatic nitrogens is 4. The van der Waals surface area contributed by atoms with Crippen molar-refractivity contribution in [1.29, 1.82) is 0 Å². The van der Waals surface area contributed by atoms with Crippen LogP contribution in [0.15, 0.2) is 12.4 Å². The third-order valence-electron chi connectivity index (χ3n) is 2.80. The van der Waals surface area contributed by atoms with Gasteiger partial charge in [-0.25, -0.2) is 4.98 Å². The third-order valence-corrected chi connectivity index (χ3v) is 2.80. The summed E-state index contributed by atoms with van der Waals surface area (Å²) in [5.74, 6) is 1.76. The number of hydrogen-bond donors (Lipinski definition) is 1. The number of anilines is 1. The monoisotopic (exact) mass is 218 g/mol. The highest BCUT2D eigenvalue weighted by Crippen LogP contribution is 2.15. The summed E-state index contributed by atoms with van der Waals surface area (Å²) in [7, 11) is 0. The van der Waals surface area contributed by atoms with E-state index >= 15 is 0 Å². The zero-order chi connectivity index (χ0) is 11.0. The molecule has 6 nitrogen and oxygen atoms in total. The van der Waals surface area contributed by atoms with Gasteiger partial charge in [0.25, 0.3) is 5.78 Å². The van der Waals surface area contributed by atoms with Gasteiger partial charge in [-0.1, -0.05) is 0 Å². The predicted molar refractivity (Wildman–Crippen MR) is 60.6 cm³/mol. The van der Waals surface area contributed by atoms with Crippen LogP contribution in [0.1, 0.15) is 5.69 Å². The Balaban J connectivity index is 2.09. The van der Waals surface area contributed by atoms with E-state index in [9.17, 15) is 0 Å². The molecule has 3 heterocycles. The number of nitrogens with zero attached hydrogens (tertiary/aromatic N) is 5. The summed E-state index contributed by atoms with van der Waals surface area (Å²) in [5, 5.41) is 7.55. The molecule has 84 valence electrons. The molecule has 3 rings (SSSR count). The van der Waals surface area contributed by atoms with Crippen molar-refractivity contribution in [2.24, 2.45) is 0 Å². The zero-order valence-corrected chi connectivity index (χ0v) is 9.22. The summed E-state index contributed by atoms with van der Waals surface area (Å²) in [6.45, 7) is 6.01. The highest BCUT2D eigenvalue weighted by molar-refractivity contribution is 5.47. The SMILES string of the molecule is Cc1cc(N2CCNCC2)n2ncnc2n1. The van der Waals surface area contributed by atoms with Crippen molar-refractivity contribution in [3.8, 4) is 0 Å². The molecule has 0 unspecified atom stereocenters. The Bertz CT molecular complexity index is 499. The van der Waals surface area contributed by atoms with Crippen molar-refractivity contribution in [3.05, 3.63) is 18.1 Å². The van der Waals surface area contributed by atoms with Crippen LogP contribution in [0.4, 0.5) is 5.82 Å². The standard InChI is InChI=1S/C10H14N6/c1-8-6-9(15-4-2-11-3-5-15)16-10(14-8)12-7-13-16/h6-7,11H,2-5H2,1H3. The number of fused-ring (bicyclic) bond motifs is 1. The van der Waals surface area contributed by atoms with Gasteiger partial charge in [0.05, 0.1) is 0 Å². The molecule has 0 spiro atoms. The molecule has 1 N–H and O–H groups in total. The summed E-state index contributed by atoms with van der Waals surface area (Å²) in [6.07, 6.45) is 1.55. The van der Waals surface area contributed by atoms with E-state index in [4.69, 9.17) is 0 Å². The van der Waals surface area contributed by atoms with Crippen molar-refractivity contribution in [3.63, 3.8) is 0 Å². The van der Waals surface area contributed by atoms with Crippen LogP contribution in [0.5, 0.6) is 0 Å². The molecule has 0 saturated carbocycles. The summed E-state index contributed by atoms with van der Waals surface area (Å²) in [5.41, 5.74) is 0.981. The van der Waals surface area contributed by atoms with E-state index in [1.54, 1.807) is 10.8 Å². The average Bonchev–Trinajstić information content (AvgIpc) is 2.77. The maximum absolute atomic E-state index is 4.34. The van der Waals surface area contributed by atoms with Gasteiger partial charge in [0, 0.05) is 37.9 Å². The van der Waals surface area contributed by atoms with E-state index < -0.39 is 0 Å². The van der Waals surface area contributed by atoms with Gasteiger partial charge in [-0.3, -0.25) is 0 Å². The first-order chi connectivity index (χ1) is 7.84. The van der Waals surface area contributed by atoms with Crippen molar-refractivity contribution < 1.29 is 0 Å². The molecule has 1 aliphatic heterocycles. The van der Waals surface area contributed by atoms with Gasteiger partial charge in [-0.2, -0.15) is 14.6 Å². The second-order valence-corrected chi connectivity index (χ2v) is 3.96. The Morgan fingerprint density at radius 2 is 2.12 bits per heavy atom. The Labute approximate surface area is 93.3 Å². The van der Waals surface area contributed by atoms with Crippen molar-refractivity contribution in [1.82, 2.24) is 24.9 Å². The molecule has 1 saturated heterocycles. The lowest BCUT2D eigenvalue weighted by atomic mass is 10.3. The maximum Gasteiger partial charge on any atom is 0.254 e. The van der Waals surface area contributed by atoms with Gasteiger partial charge in [-0.05, 0) is 6.92 Å². The largest absolute Gasteiger partial charge is 0.354 e. The number of hydrogen-bond acceptors (Lipinski definition) is 5. The first-order valence-corrected chi connectivity index (χ1v) is 5.47. The number of piperazine rings is 1. The first kappa shape index (κ1) is 9.53. The molecular formula is C10H14N6. The Hall–Kier alpha value is -1.69. The minimum absolute atomic E-state index is 0.675. The second kappa shape index (κ2) is 3.71. The minimum Gasteiger partial charge on any atom is -0.354 e. The average molecular weight is 218 g/mol. The topological polar surface area (TPSA) is 58.4 Å². The third kappa shape index (κ3) is 1.51. The van der Waals surface area contributed by atoms with E-state index in [2.05, 4.69) is 31.3 Å². The quantitative estimate of drug-likeness (QED) is 0.721. The molecule has 16 heavy (non-hydrogen) atoms. The van der Waals surface area contributed by atoms with Crippen LogP contribution < -0.4 is 10.2 Å². The van der Waals surface area contributed by atoms with Crippen molar-refractivity contribution in [2.45, 2.75) is 6.92 Å². The van der Waals surface area contributed by atoms with Crippen LogP contribution in [0, 0.1) is 6.92 Å². The molecule has 2 aromatic heterocycles. The second-order valence-electron chi connectivity index (χ2n) is 3.96. The Morgan fingerprint density at radius 1 is 1.31 bits per heavy atom. The van der Waals surface area contributed by atoms with E-state index in [-0.39, 0.29) is 0 Å². The summed E-state index contributed by atoms with van der Waals surface area (Å²) < 4.78 is 1.80. The minimum atomic E-state index is 0.675. The predicted octanol–water partition coefficient (Wildman–Crippen LogP) is -0.158. The number of aryl methyl sites for hydroxylation is 1. The van der Waals surface area contributed by atoms with E-state index in [0.717, 1.165) is 37.7 Å². The van der Waals surface area contributed by atoms with Gasteiger partial charge in [0.2, 0.25) is 0 Å². The smallest absolute Gasteiger partial charge is 0.254 e. The Kier molecular flexibility index (Phi) is 2.21. The number of nitrogens with one attached hydrogen (secondary N) is 1. The highest BCUT2D eigenvalue weighted by atomic mass is 15.4. The van der Waals surface area contributed by atoms with Crippen LogP contribution in [-0.4, -0.2) is 45.8 Å². The highest BCUT2D eigenvalue weighted by Gasteiger charge is 2.15. The van der Waals surface area contributed by atoms with E-state index in [1.165, 1.54) is 0 Å². The van der Waals surface area contributed by atoms with E-state index in [1.807, 2.05) is 6.92 Å². The fourth-order valence-corrected chi connectivity index (χ4v) is 2.03. The Morgan fingerprint density at radius 3 is 2.94 bits per heavy atom. The van der Waals surface area contributed by atoms with Crippen LogP contribution in [0.2, 0.25) is 0 Å². The molecule has 1 aliphatic rings. The van der Waals surface area contributed by atoms with Crippen LogP contribution in [0.25, 0.3) is 5.78 Å². The van der Waals surface area contributed by atoms with Gasteiger partial charge in [-0.15, -0.1) is 0 Å². The van der Waals surface area contributed by atoms with Gasteiger partial charge in [0.15, 0.2) is 0 Å². The molecule has 0 amide bonds. The number of rotatable bonds is 1. The van der Waals surface area contributed by atoms with Gasteiger partial charge in [0.1, 0.15) is 12.1 Å². The molecule has 0 aliphatic carbocycles. The van der Waals surface area contributed by atoms with Crippen LogP contribution in [0.3, 0.4) is 0 Å². The summed E-state index contributed by atoms with van der Waals surface area (Å²) in [6, 6.07) is 2.06. The maximum atomic E-state index is 4.34.